The number of benzene rings is 4. The van der Waals surface area contributed by atoms with Crippen LogP contribution in [0.15, 0.2) is 146 Å². The second-order valence-corrected chi connectivity index (χ2v) is 24.9. The van der Waals surface area contributed by atoms with Gasteiger partial charge in [-0.3, -0.25) is 14.4 Å². The standard InChI is InChI=1S/C69H82N14O7/c1-4-50(84)33-48-34-55(62(89)60(48)87)82-40-72-58-64(70-36-52(44-18-10-6-11-19-44)45-20-12-7-13-21-45)76-68(78-66(58)82)80-30-28-43(38-80)32-51(85)27-26-42(3)74-49-29-31-81(39-49)69-77-65(71-37-53(46-22-14-8-15-23-46)47-24-16-9-17-25-47)59-67(79-69)83(41-73-59)56-35-54(61(88)63(56)90)75-57(86)5-2/h6-25,40-41,43,48-49,52-56,60-63,74,87-90H,3-5,26-39H2,1-2H3,(H,75,86)(H,70,76,78)(H,71,77,79)/t43-,48-,49+,54-,55+,56+,60+,61+,62-,63-/m0/s1. The van der Waals surface area contributed by atoms with Crippen LogP contribution in [0.5, 0.6) is 0 Å². The number of ketones is 2. The van der Waals surface area contributed by atoms with Crippen LogP contribution in [0, 0.1) is 11.8 Å². The Labute approximate surface area is 524 Å². The molecule has 0 unspecified atom stereocenters. The van der Waals surface area contributed by atoms with E-state index < -0.39 is 48.5 Å². The molecule has 2 saturated carbocycles. The number of amides is 1. The van der Waals surface area contributed by atoms with Crippen LogP contribution in [-0.2, 0) is 14.4 Å². The Hall–Kier alpha value is -8.63. The number of carbonyl (C=O) groups is 3. The highest BCUT2D eigenvalue weighted by Crippen LogP contribution is 2.41. The molecule has 8 N–H and O–H groups in total. The number of imidazole rings is 2. The second kappa shape index (κ2) is 27.6. The lowest BCUT2D eigenvalue weighted by Gasteiger charge is -2.22. The number of nitrogens with one attached hydrogen (secondary N) is 4. The molecule has 1 amide bonds. The number of rotatable bonds is 26. The summed E-state index contributed by atoms with van der Waals surface area (Å²) < 4.78 is 3.64. The van der Waals surface area contributed by atoms with Crippen molar-refractivity contribution in [2.45, 2.75) is 138 Å². The van der Waals surface area contributed by atoms with E-state index in [4.69, 9.17) is 29.9 Å². The largest absolute Gasteiger partial charge is 0.390 e. The lowest BCUT2D eigenvalue weighted by atomic mass is 9.91. The van der Waals surface area contributed by atoms with Crippen molar-refractivity contribution in [1.29, 1.82) is 0 Å². The summed E-state index contributed by atoms with van der Waals surface area (Å²) in [7, 11) is 0. The van der Waals surface area contributed by atoms with Crippen molar-refractivity contribution in [1.82, 2.24) is 49.7 Å². The number of hydrogen-bond acceptors (Lipinski definition) is 18. The summed E-state index contributed by atoms with van der Waals surface area (Å²) in [5, 5.41) is 59.0. The number of aliphatic hydroxyl groups is 4. The predicted octanol–water partition coefficient (Wildman–Crippen LogP) is 7.62. The number of anilines is 4. The lowest BCUT2D eigenvalue weighted by Crippen LogP contribution is -2.42. The summed E-state index contributed by atoms with van der Waals surface area (Å²) >= 11 is 0. The molecule has 0 radical (unpaired) electrons. The van der Waals surface area contributed by atoms with E-state index in [-0.39, 0.29) is 60.5 Å². The molecule has 90 heavy (non-hydrogen) atoms. The van der Waals surface area contributed by atoms with Crippen LogP contribution in [-0.4, -0.2) is 153 Å². The van der Waals surface area contributed by atoms with Crippen molar-refractivity contribution in [2.24, 2.45) is 11.8 Å². The first-order valence-electron chi connectivity index (χ1n) is 32.0. The summed E-state index contributed by atoms with van der Waals surface area (Å²) in [6.07, 6.45) is 2.92. The quantitative estimate of drug-likeness (QED) is 0.0259. The van der Waals surface area contributed by atoms with Crippen LogP contribution in [0.3, 0.4) is 0 Å². The van der Waals surface area contributed by atoms with Crippen molar-refractivity contribution < 1.29 is 34.8 Å². The van der Waals surface area contributed by atoms with Crippen molar-refractivity contribution in [3.63, 3.8) is 0 Å². The highest BCUT2D eigenvalue weighted by molar-refractivity contribution is 5.86. The molecule has 4 aliphatic rings. The van der Waals surface area contributed by atoms with Crippen LogP contribution >= 0.6 is 0 Å². The number of aromatic nitrogens is 8. The van der Waals surface area contributed by atoms with Crippen molar-refractivity contribution in [2.75, 3.05) is 59.7 Å². The minimum atomic E-state index is -1.18. The summed E-state index contributed by atoms with van der Waals surface area (Å²) in [5.74, 6) is 1.63. The Morgan fingerprint density at radius 1 is 0.556 bits per heavy atom. The van der Waals surface area contributed by atoms with Crippen LogP contribution < -0.4 is 31.1 Å². The number of carbonyl (C=O) groups excluding carboxylic acids is 3. The Morgan fingerprint density at radius 2 is 1.04 bits per heavy atom. The maximum absolute atomic E-state index is 13.9. The molecular formula is C69H82N14O7. The van der Waals surface area contributed by atoms with Gasteiger partial charge in [0.15, 0.2) is 34.0 Å². The van der Waals surface area contributed by atoms with E-state index in [0.29, 0.717) is 117 Å². The van der Waals surface area contributed by atoms with Gasteiger partial charge in [0, 0.05) is 94.9 Å². The van der Waals surface area contributed by atoms with E-state index >= 15 is 0 Å². The third-order valence-electron chi connectivity index (χ3n) is 18.9. The molecule has 21 nitrogen and oxygen atoms in total. The minimum absolute atomic E-state index is 0.00355. The third-order valence-corrected chi connectivity index (χ3v) is 18.9. The highest BCUT2D eigenvalue weighted by Gasteiger charge is 2.45. The first kappa shape index (κ1) is 61.6. The molecule has 8 aromatic rings. The average Bonchev–Trinajstić information content (AvgIpc) is 1.65. The second-order valence-electron chi connectivity index (χ2n) is 24.9. The van der Waals surface area contributed by atoms with Gasteiger partial charge in [-0.25, -0.2) is 9.97 Å². The van der Waals surface area contributed by atoms with Crippen molar-refractivity contribution in [3.8, 4) is 0 Å². The fourth-order valence-corrected chi connectivity index (χ4v) is 13.9. The molecule has 4 aromatic heterocycles. The van der Waals surface area contributed by atoms with Gasteiger partial charge < -0.3 is 60.6 Å². The molecule has 6 heterocycles. The van der Waals surface area contributed by atoms with Crippen molar-refractivity contribution >= 4 is 63.3 Å². The van der Waals surface area contributed by atoms with E-state index in [1.807, 2.05) is 84.3 Å². The Balaban J connectivity index is 0.711. The first-order chi connectivity index (χ1) is 43.8. The van der Waals surface area contributed by atoms with Crippen LogP contribution in [0.2, 0.25) is 0 Å². The topological polar surface area (TPSA) is 274 Å². The zero-order valence-corrected chi connectivity index (χ0v) is 51.1. The summed E-state index contributed by atoms with van der Waals surface area (Å²) in [4.78, 5) is 73.3. The fourth-order valence-electron chi connectivity index (χ4n) is 13.9. The number of fused-ring (bicyclic) bond motifs is 2. The van der Waals surface area contributed by atoms with Gasteiger partial charge in [0.1, 0.15) is 29.9 Å². The van der Waals surface area contributed by atoms with Gasteiger partial charge in [0.2, 0.25) is 17.8 Å². The maximum atomic E-state index is 13.9. The number of aliphatic hydroxyl groups excluding tert-OH is 4. The van der Waals surface area contributed by atoms with Gasteiger partial charge in [0.05, 0.1) is 36.9 Å². The number of nitrogens with zero attached hydrogens (tertiary/aromatic N) is 10. The van der Waals surface area contributed by atoms with Gasteiger partial charge >= 0.3 is 0 Å². The van der Waals surface area contributed by atoms with Gasteiger partial charge in [-0.05, 0) is 66.2 Å². The molecule has 12 rings (SSSR count). The molecule has 4 fully saturated rings. The van der Waals surface area contributed by atoms with E-state index in [1.54, 1.807) is 24.1 Å². The molecule has 470 valence electrons. The number of allylic oxidation sites excluding steroid dienone is 1. The molecule has 2 aliphatic carbocycles. The number of Topliss-reactive ketones (excluding diaryl/α,β-unsaturated/α-hetero) is 2. The van der Waals surface area contributed by atoms with E-state index in [2.05, 4.69) is 86.2 Å². The van der Waals surface area contributed by atoms with Gasteiger partial charge in [0.25, 0.3) is 0 Å². The molecule has 10 atom stereocenters. The fraction of sp³-hybridized carbons (Fsp3) is 0.435. The zero-order valence-electron chi connectivity index (χ0n) is 51.1. The Morgan fingerprint density at radius 3 is 1.56 bits per heavy atom. The van der Waals surface area contributed by atoms with E-state index in [9.17, 15) is 34.8 Å². The lowest BCUT2D eigenvalue weighted by molar-refractivity contribution is -0.122. The van der Waals surface area contributed by atoms with E-state index in [0.717, 1.165) is 40.8 Å². The third kappa shape index (κ3) is 13.5. The normalized spacial score (nSPS) is 23.3. The van der Waals surface area contributed by atoms with Crippen LogP contribution in [0.4, 0.5) is 23.5 Å². The monoisotopic (exact) mass is 1220 g/mol. The predicted molar refractivity (Wildman–Crippen MR) is 346 cm³/mol. The maximum Gasteiger partial charge on any atom is 0.229 e. The molecule has 4 aromatic carbocycles. The molecule has 2 aliphatic heterocycles. The Bertz CT molecular complexity index is 3460. The smallest absolute Gasteiger partial charge is 0.229 e. The van der Waals surface area contributed by atoms with Gasteiger partial charge in [-0.2, -0.15) is 19.9 Å². The van der Waals surface area contributed by atoms with Crippen molar-refractivity contribution in [3.05, 3.63) is 169 Å². The minimum Gasteiger partial charge on any atom is -0.390 e. The SMILES string of the molecule is C=C(CCC(=O)C[C@@H]1CCN(c2nc(NCC(c3ccccc3)c3ccccc3)c3ncn([C@@H]4C[C@H](CC(=O)CC)[C@@H](O)[C@H]4O)c3n2)C1)N[C@@H]1CCN(c2nc(NCC(c3ccccc3)c3ccccc3)c3ncn([C@@H]4C[C@H](NC(=O)CC)[C@@H](O)[C@H]4O)c3n2)C1. The summed E-state index contributed by atoms with van der Waals surface area (Å²) in [6.45, 7) is 11.3. The van der Waals surface area contributed by atoms with Gasteiger partial charge in [-0.1, -0.05) is 142 Å². The van der Waals surface area contributed by atoms with Crippen LogP contribution in [0.1, 0.15) is 124 Å². The number of hydrogen-bond donors (Lipinski definition) is 8. The van der Waals surface area contributed by atoms with Gasteiger partial charge in [-0.15, -0.1) is 0 Å². The molecule has 2 saturated heterocycles. The highest BCUT2D eigenvalue weighted by atomic mass is 16.3. The molecule has 21 heteroatoms. The molecule has 0 spiro atoms. The van der Waals surface area contributed by atoms with E-state index in [1.165, 1.54) is 0 Å². The van der Waals surface area contributed by atoms with Crippen LogP contribution in [0.25, 0.3) is 22.3 Å². The molecule has 0 bridgehead atoms. The molecular weight excluding hydrogens is 1140 g/mol. The summed E-state index contributed by atoms with van der Waals surface area (Å²) in [6, 6.07) is 39.4. The summed E-state index contributed by atoms with van der Waals surface area (Å²) in [5.41, 5.74) is 7.39. The zero-order chi connectivity index (χ0) is 62.4. The Kier molecular flexibility index (Phi) is 18.9. The first-order valence-corrected chi connectivity index (χ1v) is 32.0. The average molecular weight is 1220 g/mol.